The van der Waals surface area contributed by atoms with E-state index in [9.17, 15) is 0 Å². The van der Waals surface area contributed by atoms with E-state index in [1.165, 1.54) is 38.5 Å². The predicted octanol–water partition coefficient (Wildman–Crippen LogP) is 5.84. The van der Waals surface area contributed by atoms with Crippen molar-refractivity contribution < 1.29 is 16.5 Å². The average molecular weight is 279 g/mol. The average Bonchev–Trinajstić information content (AvgIpc) is 2.31. The Morgan fingerprint density at radius 3 is 1.35 bits per heavy atom. The van der Waals surface area contributed by atoms with E-state index in [2.05, 4.69) is 39.2 Å². The molecule has 0 aromatic carbocycles. The number of hydrogen-bond donors (Lipinski definition) is 0. The molecule has 0 aliphatic carbocycles. The van der Waals surface area contributed by atoms with Gasteiger partial charge in [-0.3, -0.25) is 0 Å². The summed E-state index contributed by atoms with van der Waals surface area (Å²) in [5.41, 5.74) is 0. The van der Waals surface area contributed by atoms with Gasteiger partial charge in [0.05, 0.1) is 0 Å². The van der Waals surface area contributed by atoms with Gasteiger partial charge in [0.2, 0.25) is 0 Å². The van der Waals surface area contributed by atoms with Gasteiger partial charge in [-0.1, -0.05) is 89.1 Å². The topological polar surface area (TPSA) is 0 Å². The fourth-order valence-corrected chi connectivity index (χ4v) is 1.03. The van der Waals surface area contributed by atoms with E-state index >= 15 is 0 Å². The molecule has 0 aliphatic heterocycles. The number of unbranched alkanes of at least 4 members (excludes halogenated alkanes) is 4. The molecule has 0 atom stereocenters. The monoisotopic (exact) mass is 278 g/mol. The normalized spacial score (nSPS) is 9.53. The van der Waals surface area contributed by atoms with Crippen LogP contribution in [0.5, 0.6) is 0 Å². The Morgan fingerprint density at radius 1 is 0.765 bits per heavy atom. The molecule has 0 aromatic rings. The second-order valence-electron chi connectivity index (χ2n) is 3.61. The molecule has 0 saturated heterocycles. The standard InChI is InChI=1S/2C8H14.Ni/c2*1-3-5-7-8-6-4-2;/h2*3,5,7H,1,4,6,8H2,2H3;/b2*7-5+;. The molecule has 17 heavy (non-hydrogen) atoms. The molecular weight excluding hydrogens is 251 g/mol. The van der Waals surface area contributed by atoms with Crippen molar-refractivity contribution in [2.24, 2.45) is 0 Å². The van der Waals surface area contributed by atoms with Crippen LogP contribution in [0.25, 0.3) is 0 Å². The van der Waals surface area contributed by atoms with Gasteiger partial charge in [0, 0.05) is 16.5 Å². The van der Waals surface area contributed by atoms with E-state index in [4.69, 9.17) is 0 Å². The van der Waals surface area contributed by atoms with Crippen LogP contribution in [0.15, 0.2) is 49.6 Å². The van der Waals surface area contributed by atoms with Gasteiger partial charge < -0.3 is 0 Å². The summed E-state index contributed by atoms with van der Waals surface area (Å²) in [5, 5.41) is 0. The minimum absolute atomic E-state index is 0. The Hall–Kier alpha value is -0.546. The van der Waals surface area contributed by atoms with Crippen LogP contribution in [0, 0.1) is 0 Å². The Bertz CT molecular complexity index is 168. The second kappa shape index (κ2) is 24.6. The van der Waals surface area contributed by atoms with Crippen molar-refractivity contribution in [3.05, 3.63) is 49.6 Å². The SMILES string of the molecule is C=C/C=C/CCCC.C=C/C=C/CCCC.[Ni]. The zero-order chi connectivity index (χ0) is 12.5. The molecule has 0 saturated carbocycles. The third kappa shape index (κ3) is 31.3. The van der Waals surface area contributed by atoms with Crippen molar-refractivity contribution in [3.63, 3.8) is 0 Å². The maximum absolute atomic E-state index is 3.57. The van der Waals surface area contributed by atoms with E-state index in [1.54, 1.807) is 0 Å². The van der Waals surface area contributed by atoms with Crippen molar-refractivity contribution in [1.82, 2.24) is 0 Å². The smallest absolute Gasteiger partial charge is 0 e. The van der Waals surface area contributed by atoms with Crippen LogP contribution in [-0.2, 0) is 16.5 Å². The van der Waals surface area contributed by atoms with Crippen molar-refractivity contribution in [1.29, 1.82) is 0 Å². The van der Waals surface area contributed by atoms with Crippen molar-refractivity contribution in [2.75, 3.05) is 0 Å². The van der Waals surface area contributed by atoms with Gasteiger partial charge in [0.1, 0.15) is 0 Å². The molecule has 0 bridgehead atoms. The van der Waals surface area contributed by atoms with Crippen LogP contribution >= 0.6 is 0 Å². The van der Waals surface area contributed by atoms with Crippen molar-refractivity contribution in [3.8, 4) is 0 Å². The first kappa shape index (κ1) is 21.7. The van der Waals surface area contributed by atoms with Crippen LogP contribution < -0.4 is 0 Å². The van der Waals surface area contributed by atoms with E-state index in [-0.39, 0.29) is 16.5 Å². The van der Waals surface area contributed by atoms with Gasteiger partial charge in [-0.05, 0) is 12.8 Å². The molecule has 0 fully saturated rings. The van der Waals surface area contributed by atoms with Gasteiger partial charge in [-0.15, -0.1) is 0 Å². The van der Waals surface area contributed by atoms with Crippen LogP contribution in [0.1, 0.15) is 52.4 Å². The Labute approximate surface area is 119 Å². The van der Waals surface area contributed by atoms with E-state index in [1.807, 2.05) is 24.3 Å². The minimum Gasteiger partial charge on any atom is -0.0991 e. The summed E-state index contributed by atoms with van der Waals surface area (Å²) >= 11 is 0. The summed E-state index contributed by atoms with van der Waals surface area (Å²) in [4.78, 5) is 0. The van der Waals surface area contributed by atoms with E-state index in [0.717, 1.165) is 0 Å². The van der Waals surface area contributed by atoms with Gasteiger partial charge in [0.15, 0.2) is 0 Å². The maximum Gasteiger partial charge on any atom is 0 e. The van der Waals surface area contributed by atoms with Crippen LogP contribution in [0.2, 0.25) is 0 Å². The van der Waals surface area contributed by atoms with Crippen molar-refractivity contribution in [2.45, 2.75) is 52.4 Å². The molecule has 0 aromatic heterocycles. The maximum atomic E-state index is 3.57. The fraction of sp³-hybridized carbons (Fsp3) is 0.500. The number of rotatable bonds is 8. The molecule has 0 rings (SSSR count). The summed E-state index contributed by atoms with van der Waals surface area (Å²) < 4.78 is 0. The number of allylic oxidation sites excluding steroid dienone is 6. The third-order valence-corrected chi connectivity index (χ3v) is 1.99. The summed E-state index contributed by atoms with van der Waals surface area (Å²) in [6.07, 6.45) is 19.5. The molecule has 0 N–H and O–H groups in total. The Morgan fingerprint density at radius 2 is 1.12 bits per heavy atom. The van der Waals surface area contributed by atoms with Crippen molar-refractivity contribution >= 4 is 0 Å². The molecule has 102 valence electrons. The quantitative estimate of drug-likeness (QED) is 0.297. The molecular formula is C16H28Ni. The predicted molar refractivity (Wildman–Crippen MR) is 77.7 cm³/mol. The molecule has 0 aliphatic rings. The third-order valence-electron chi connectivity index (χ3n) is 1.99. The summed E-state index contributed by atoms with van der Waals surface area (Å²) in [7, 11) is 0. The first-order valence-corrected chi connectivity index (χ1v) is 6.38. The van der Waals surface area contributed by atoms with Crippen LogP contribution in [0.4, 0.5) is 0 Å². The summed E-state index contributed by atoms with van der Waals surface area (Å²) in [5.74, 6) is 0. The molecule has 0 heterocycles. The largest absolute Gasteiger partial charge is 0.0991 e. The zero-order valence-electron chi connectivity index (χ0n) is 11.4. The molecule has 0 unspecified atom stereocenters. The molecule has 0 spiro atoms. The molecule has 1 heteroatoms. The van der Waals surface area contributed by atoms with Gasteiger partial charge in [-0.25, -0.2) is 0 Å². The Balaban J connectivity index is -0.000000218. The number of hydrogen-bond acceptors (Lipinski definition) is 0. The van der Waals surface area contributed by atoms with Gasteiger partial charge in [-0.2, -0.15) is 0 Å². The molecule has 0 amide bonds. The van der Waals surface area contributed by atoms with E-state index < -0.39 is 0 Å². The fourth-order valence-electron chi connectivity index (χ4n) is 1.03. The minimum atomic E-state index is 0. The zero-order valence-corrected chi connectivity index (χ0v) is 12.4. The Kier molecular flexibility index (Phi) is 31.4. The van der Waals surface area contributed by atoms with Gasteiger partial charge in [0.25, 0.3) is 0 Å². The molecule has 0 nitrogen and oxygen atoms in total. The first-order valence-electron chi connectivity index (χ1n) is 6.38. The van der Waals surface area contributed by atoms with Crippen LogP contribution in [0.3, 0.4) is 0 Å². The summed E-state index contributed by atoms with van der Waals surface area (Å²) in [6.45, 7) is 11.5. The second-order valence-corrected chi connectivity index (χ2v) is 3.61. The molecule has 0 radical (unpaired) electrons. The van der Waals surface area contributed by atoms with Crippen LogP contribution in [-0.4, -0.2) is 0 Å². The summed E-state index contributed by atoms with van der Waals surface area (Å²) in [6, 6.07) is 0. The van der Waals surface area contributed by atoms with E-state index in [0.29, 0.717) is 0 Å². The van der Waals surface area contributed by atoms with Gasteiger partial charge >= 0.3 is 0 Å². The first-order chi connectivity index (χ1) is 7.83.